The number of ether oxygens (including phenoxy) is 1. The van der Waals surface area contributed by atoms with Crippen LogP contribution in [0.2, 0.25) is 0 Å². The Morgan fingerprint density at radius 1 is 0.917 bits per heavy atom. The number of hydrogen-bond donors (Lipinski definition) is 2. The summed E-state index contributed by atoms with van der Waals surface area (Å²) in [6.45, 7) is 0. The maximum atomic E-state index is 12.2. The van der Waals surface area contributed by atoms with E-state index in [1.165, 1.54) is 11.3 Å². The van der Waals surface area contributed by atoms with E-state index >= 15 is 0 Å². The van der Waals surface area contributed by atoms with Gasteiger partial charge < -0.3 is 10.1 Å². The number of thiophene rings is 1. The van der Waals surface area contributed by atoms with E-state index in [2.05, 4.69) is 10.0 Å². The van der Waals surface area contributed by atoms with E-state index in [-0.39, 0.29) is 0 Å². The van der Waals surface area contributed by atoms with E-state index in [1.54, 1.807) is 36.8 Å². The number of nitrogens with one attached hydrogen (secondary N) is 2. The van der Waals surface area contributed by atoms with Crippen molar-refractivity contribution in [2.45, 2.75) is 4.21 Å². The van der Waals surface area contributed by atoms with Crippen LogP contribution in [0, 0.1) is 0 Å². The van der Waals surface area contributed by atoms with Crippen LogP contribution in [0.25, 0.3) is 0 Å². The van der Waals surface area contributed by atoms with Crippen molar-refractivity contribution in [1.29, 1.82) is 0 Å². The molecule has 2 aromatic carbocycles. The SMILES string of the molecule is COc1cccc(Nc2ccc(NS(=O)(=O)c3cccs3)cc2)c1. The Bertz CT molecular complexity index is 905. The maximum absolute atomic E-state index is 12.2. The Morgan fingerprint density at radius 2 is 1.67 bits per heavy atom. The summed E-state index contributed by atoms with van der Waals surface area (Å²) in [5.74, 6) is 0.764. The van der Waals surface area contributed by atoms with Gasteiger partial charge in [-0.3, -0.25) is 4.72 Å². The first kappa shape index (κ1) is 16.4. The highest BCUT2D eigenvalue weighted by molar-refractivity contribution is 7.94. The lowest BCUT2D eigenvalue weighted by molar-refractivity contribution is 0.415. The minimum Gasteiger partial charge on any atom is -0.497 e. The lowest BCUT2D eigenvalue weighted by atomic mass is 10.2. The van der Waals surface area contributed by atoms with Crippen LogP contribution in [-0.2, 0) is 10.0 Å². The number of methoxy groups -OCH3 is 1. The van der Waals surface area contributed by atoms with E-state index in [0.717, 1.165) is 17.1 Å². The standard InChI is InChI=1S/C17H16N2O3S2/c1-22-16-5-2-4-15(12-16)18-13-7-9-14(10-8-13)19-24(20,21)17-6-3-11-23-17/h2-12,18-19H,1H3. The van der Waals surface area contributed by atoms with Gasteiger partial charge in [0.1, 0.15) is 9.96 Å². The zero-order chi connectivity index (χ0) is 17.0. The van der Waals surface area contributed by atoms with Gasteiger partial charge in [0.25, 0.3) is 10.0 Å². The smallest absolute Gasteiger partial charge is 0.271 e. The van der Waals surface area contributed by atoms with Gasteiger partial charge in [-0.1, -0.05) is 12.1 Å². The van der Waals surface area contributed by atoms with Crippen molar-refractivity contribution in [2.75, 3.05) is 17.1 Å². The molecule has 0 aliphatic rings. The van der Waals surface area contributed by atoms with Crippen LogP contribution >= 0.6 is 11.3 Å². The van der Waals surface area contributed by atoms with E-state index in [0.29, 0.717) is 9.90 Å². The van der Waals surface area contributed by atoms with Crippen molar-refractivity contribution in [3.05, 3.63) is 66.0 Å². The highest BCUT2D eigenvalue weighted by Gasteiger charge is 2.14. The predicted molar refractivity (Wildman–Crippen MR) is 97.8 cm³/mol. The lowest BCUT2D eigenvalue weighted by Gasteiger charge is -2.10. The maximum Gasteiger partial charge on any atom is 0.271 e. The minimum absolute atomic E-state index is 0.293. The third-order valence-electron chi connectivity index (χ3n) is 3.26. The highest BCUT2D eigenvalue weighted by atomic mass is 32.2. The van der Waals surface area contributed by atoms with E-state index in [9.17, 15) is 8.42 Å². The van der Waals surface area contributed by atoms with Gasteiger partial charge in [-0.2, -0.15) is 0 Å². The normalized spacial score (nSPS) is 11.0. The molecule has 0 aliphatic carbocycles. The summed E-state index contributed by atoms with van der Waals surface area (Å²) in [6, 6.07) is 17.9. The van der Waals surface area contributed by atoms with Gasteiger partial charge in [-0.15, -0.1) is 11.3 Å². The molecule has 0 atom stereocenters. The lowest BCUT2D eigenvalue weighted by Crippen LogP contribution is -2.11. The first-order valence-electron chi connectivity index (χ1n) is 7.14. The van der Waals surface area contributed by atoms with Crippen molar-refractivity contribution in [3.63, 3.8) is 0 Å². The molecule has 0 aliphatic heterocycles. The Hall–Kier alpha value is -2.51. The average Bonchev–Trinajstić information content (AvgIpc) is 3.12. The summed E-state index contributed by atoms with van der Waals surface area (Å²) in [7, 11) is -1.90. The predicted octanol–water partition coefficient (Wildman–Crippen LogP) is 4.30. The summed E-state index contributed by atoms with van der Waals surface area (Å²) < 4.78 is 32.4. The molecule has 0 fully saturated rings. The second-order valence-electron chi connectivity index (χ2n) is 4.97. The van der Waals surface area contributed by atoms with Crippen LogP contribution < -0.4 is 14.8 Å². The third-order valence-corrected chi connectivity index (χ3v) is 6.03. The van der Waals surface area contributed by atoms with Gasteiger partial charge >= 0.3 is 0 Å². The molecule has 0 radical (unpaired) electrons. The molecule has 3 aromatic rings. The summed E-state index contributed by atoms with van der Waals surface area (Å²) in [5.41, 5.74) is 2.25. The molecule has 5 nitrogen and oxygen atoms in total. The molecule has 124 valence electrons. The van der Waals surface area contributed by atoms with Crippen molar-refractivity contribution in [1.82, 2.24) is 0 Å². The fourth-order valence-electron chi connectivity index (χ4n) is 2.11. The van der Waals surface area contributed by atoms with E-state index in [1.807, 2.05) is 36.4 Å². The van der Waals surface area contributed by atoms with Crippen molar-refractivity contribution in [3.8, 4) is 5.75 Å². The summed E-state index contributed by atoms with van der Waals surface area (Å²) in [4.78, 5) is 0. The van der Waals surface area contributed by atoms with Crippen LogP contribution in [0.3, 0.4) is 0 Å². The summed E-state index contributed by atoms with van der Waals surface area (Å²) in [5, 5.41) is 4.97. The molecule has 0 bridgehead atoms. The molecule has 0 spiro atoms. The van der Waals surface area contributed by atoms with Crippen molar-refractivity contribution >= 4 is 38.4 Å². The van der Waals surface area contributed by atoms with E-state index < -0.39 is 10.0 Å². The van der Waals surface area contributed by atoms with Gasteiger partial charge in [-0.25, -0.2) is 8.42 Å². The second kappa shape index (κ2) is 6.94. The van der Waals surface area contributed by atoms with Crippen LogP contribution in [0.1, 0.15) is 0 Å². The zero-order valence-corrected chi connectivity index (χ0v) is 14.5. The average molecular weight is 360 g/mol. The molecule has 0 amide bonds. The van der Waals surface area contributed by atoms with Crippen LogP contribution in [0.5, 0.6) is 5.75 Å². The molecule has 3 rings (SSSR count). The zero-order valence-electron chi connectivity index (χ0n) is 12.9. The number of benzene rings is 2. The topological polar surface area (TPSA) is 67.4 Å². The fourth-order valence-corrected chi connectivity index (χ4v) is 4.16. The largest absolute Gasteiger partial charge is 0.497 e. The van der Waals surface area contributed by atoms with E-state index in [4.69, 9.17) is 4.74 Å². The quantitative estimate of drug-likeness (QED) is 0.688. The van der Waals surface area contributed by atoms with Gasteiger partial charge in [0.2, 0.25) is 0 Å². The molecule has 2 N–H and O–H groups in total. The van der Waals surface area contributed by atoms with Crippen LogP contribution in [-0.4, -0.2) is 15.5 Å². The number of sulfonamides is 1. The molecule has 0 saturated heterocycles. The summed E-state index contributed by atoms with van der Waals surface area (Å²) in [6.07, 6.45) is 0. The molecule has 24 heavy (non-hydrogen) atoms. The number of hydrogen-bond acceptors (Lipinski definition) is 5. The molecular weight excluding hydrogens is 344 g/mol. The first-order valence-corrected chi connectivity index (χ1v) is 9.50. The Labute approximate surface area is 145 Å². The monoisotopic (exact) mass is 360 g/mol. The Kier molecular flexibility index (Phi) is 4.73. The van der Waals surface area contributed by atoms with Gasteiger partial charge in [-0.05, 0) is 47.8 Å². The number of rotatable bonds is 6. The second-order valence-corrected chi connectivity index (χ2v) is 7.83. The van der Waals surface area contributed by atoms with Crippen LogP contribution in [0.4, 0.5) is 17.1 Å². The molecular formula is C17H16N2O3S2. The minimum atomic E-state index is -3.52. The molecule has 1 aromatic heterocycles. The number of anilines is 3. The first-order chi connectivity index (χ1) is 11.6. The molecule has 1 heterocycles. The fraction of sp³-hybridized carbons (Fsp3) is 0.0588. The van der Waals surface area contributed by atoms with Crippen LogP contribution in [0.15, 0.2) is 70.3 Å². The molecule has 7 heteroatoms. The summed E-state index contributed by atoms with van der Waals surface area (Å²) >= 11 is 1.18. The Balaban J connectivity index is 1.71. The third kappa shape index (κ3) is 3.87. The highest BCUT2D eigenvalue weighted by Crippen LogP contribution is 2.24. The van der Waals surface area contributed by atoms with Crippen molar-refractivity contribution < 1.29 is 13.2 Å². The van der Waals surface area contributed by atoms with Gasteiger partial charge in [0.05, 0.1) is 7.11 Å². The Morgan fingerprint density at radius 3 is 2.33 bits per heavy atom. The van der Waals surface area contributed by atoms with Gasteiger partial charge in [0, 0.05) is 23.1 Å². The van der Waals surface area contributed by atoms with Gasteiger partial charge in [0.15, 0.2) is 0 Å². The van der Waals surface area contributed by atoms with Crippen molar-refractivity contribution in [2.24, 2.45) is 0 Å². The molecule has 0 unspecified atom stereocenters. The molecule has 0 saturated carbocycles.